The van der Waals surface area contributed by atoms with Gasteiger partial charge in [0.2, 0.25) is 0 Å². The van der Waals surface area contributed by atoms with Crippen molar-refractivity contribution in [2.75, 3.05) is 13.6 Å². The fraction of sp³-hybridized carbons (Fsp3) is 0.222. The van der Waals surface area contributed by atoms with Gasteiger partial charge in [-0.15, -0.1) is 35.3 Å². The van der Waals surface area contributed by atoms with E-state index in [2.05, 4.69) is 17.1 Å². The highest BCUT2D eigenvalue weighted by molar-refractivity contribution is 14.0. The normalized spacial score (nSPS) is 15.0. The Morgan fingerprint density at radius 1 is 1.35 bits per heavy atom. The number of aromatic hydroxyl groups is 1. The predicted octanol–water partition coefficient (Wildman–Crippen LogP) is 5.12. The summed E-state index contributed by atoms with van der Waals surface area (Å²) in [6.07, 6.45) is 7.06. The van der Waals surface area contributed by atoms with E-state index in [1.165, 1.54) is 23.8 Å². The third kappa shape index (κ3) is 4.35. The van der Waals surface area contributed by atoms with E-state index >= 15 is 0 Å². The molecule has 2 nitrogen and oxygen atoms in total. The van der Waals surface area contributed by atoms with Gasteiger partial charge in [0.05, 0.1) is 0 Å². The van der Waals surface area contributed by atoms with Crippen LogP contribution in [0.1, 0.15) is 22.8 Å². The number of rotatable bonds is 4. The molecule has 1 aliphatic rings. The molecule has 2 heterocycles. The van der Waals surface area contributed by atoms with E-state index in [9.17, 15) is 9.50 Å². The van der Waals surface area contributed by atoms with Gasteiger partial charge in [-0.3, -0.25) is 0 Å². The monoisotopic (exact) mass is 443 g/mol. The minimum absolute atomic E-state index is 0. The molecule has 23 heavy (non-hydrogen) atoms. The number of allylic oxidation sites excluding steroid dienone is 2. The molecule has 0 spiro atoms. The van der Waals surface area contributed by atoms with Gasteiger partial charge in [0.25, 0.3) is 0 Å². The molecule has 1 unspecified atom stereocenters. The average Bonchev–Trinajstić information content (AvgIpc) is 3.03. The van der Waals surface area contributed by atoms with Gasteiger partial charge in [0.15, 0.2) is 0 Å². The summed E-state index contributed by atoms with van der Waals surface area (Å²) in [4.78, 5) is 3.23. The van der Waals surface area contributed by atoms with E-state index in [0.29, 0.717) is 5.56 Å². The molecule has 0 aliphatic carbocycles. The summed E-state index contributed by atoms with van der Waals surface area (Å²) < 4.78 is 13.6. The fourth-order valence-corrected chi connectivity index (χ4v) is 3.50. The molecule has 0 saturated heterocycles. The topological polar surface area (TPSA) is 23.5 Å². The summed E-state index contributed by atoms with van der Waals surface area (Å²) >= 11 is 1.63. The Morgan fingerprint density at radius 3 is 2.83 bits per heavy atom. The van der Waals surface area contributed by atoms with Gasteiger partial charge >= 0.3 is 0 Å². The maximum Gasteiger partial charge on any atom is 0.123 e. The fourth-order valence-electron chi connectivity index (χ4n) is 2.66. The highest BCUT2D eigenvalue weighted by Crippen LogP contribution is 2.38. The molecule has 1 N–H and O–H groups in total. The third-order valence-corrected chi connectivity index (χ3v) is 4.86. The van der Waals surface area contributed by atoms with Crippen LogP contribution >= 0.6 is 35.3 Å². The van der Waals surface area contributed by atoms with Crippen LogP contribution in [0.4, 0.5) is 4.39 Å². The van der Waals surface area contributed by atoms with Crippen molar-refractivity contribution < 1.29 is 9.50 Å². The molecule has 0 radical (unpaired) electrons. The molecule has 0 saturated carbocycles. The molecule has 1 aliphatic heterocycles. The van der Waals surface area contributed by atoms with Gasteiger partial charge in [-0.05, 0) is 53.9 Å². The van der Waals surface area contributed by atoms with Gasteiger partial charge in [-0.25, -0.2) is 4.39 Å². The largest absolute Gasteiger partial charge is 0.508 e. The summed E-state index contributed by atoms with van der Waals surface area (Å²) in [5.41, 5.74) is 1.86. The van der Waals surface area contributed by atoms with Crippen molar-refractivity contribution in [1.29, 1.82) is 0 Å². The van der Waals surface area contributed by atoms with Crippen molar-refractivity contribution in [1.82, 2.24) is 4.90 Å². The van der Waals surface area contributed by atoms with Gasteiger partial charge < -0.3 is 10.0 Å². The second kappa shape index (κ2) is 7.97. The molecule has 1 aromatic heterocycles. The average molecular weight is 443 g/mol. The Hall–Kier alpha value is -1.34. The quantitative estimate of drug-likeness (QED) is 0.664. The zero-order valence-corrected chi connectivity index (χ0v) is 15.9. The first-order chi connectivity index (χ1) is 10.6. The SMILES string of the molecule is CN1C=CC(CC(c2cccs2)c2cc(F)ccc2O)=CC1.I. The van der Waals surface area contributed by atoms with Gasteiger partial charge in [-0.1, -0.05) is 12.1 Å². The van der Waals surface area contributed by atoms with Crippen molar-refractivity contribution >= 4 is 35.3 Å². The molecule has 122 valence electrons. The number of nitrogens with zero attached hydrogens (tertiary/aromatic N) is 1. The van der Waals surface area contributed by atoms with E-state index in [1.807, 2.05) is 30.8 Å². The van der Waals surface area contributed by atoms with Crippen molar-refractivity contribution in [2.45, 2.75) is 12.3 Å². The van der Waals surface area contributed by atoms with Crippen LogP contribution in [0.2, 0.25) is 0 Å². The van der Waals surface area contributed by atoms with Crippen LogP contribution in [-0.2, 0) is 0 Å². The van der Waals surface area contributed by atoms with Crippen molar-refractivity contribution in [3.05, 3.63) is 75.9 Å². The first-order valence-electron chi connectivity index (χ1n) is 7.23. The summed E-state index contributed by atoms with van der Waals surface area (Å²) in [5, 5.41) is 12.2. The molecule has 5 heteroatoms. The number of likely N-dealkylation sites (N-methyl/N-ethyl adjacent to an activating group) is 1. The van der Waals surface area contributed by atoms with Crippen molar-refractivity contribution in [3.8, 4) is 5.75 Å². The third-order valence-electron chi connectivity index (χ3n) is 3.88. The summed E-state index contributed by atoms with van der Waals surface area (Å²) in [6, 6.07) is 8.20. The Balaban J connectivity index is 0.00000192. The Morgan fingerprint density at radius 2 is 2.17 bits per heavy atom. The second-order valence-corrected chi connectivity index (χ2v) is 6.49. The number of benzene rings is 1. The maximum absolute atomic E-state index is 13.6. The van der Waals surface area contributed by atoms with Crippen LogP contribution in [-0.4, -0.2) is 23.6 Å². The van der Waals surface area contributed by atoms with Crippen LogP contribution < -0.4 is 0 Å². The number of phenolic OH excluding ortho intramolecular Hbond substituents is 1. The van der Waals surface area contributed by atoms with Crippen LogP contribution in [0.5, 0.6) is 5.75 Å². The lowest BCUT2D eigenvalue weighted by Gasteiger charge is -2.22. The molecular formula is C18H19FINOS. The lowest BCUT2D eigenvalue weighted by atomic mass is 9.89. The highest BCUT2D eigenvalue weighted by Gasteiger charge is 2.21. The Kier molecular flexibility index (Phi) is 6.24. The van der Waals surface area contributed by atoms with Gasteiger partial charge in [-0.2, -0.15) is 0 Å². The molecule has 0 fully saturated rings. The second-order valence-electron chi connectivity index (χ2n) is 5.51. The minimum atomic E-state index is -0.317. The maximum atomic E-state index is 13.6. The Bertz CT molecular complexity index is 712. The van der Waals surface area contributed by atoms with Crippen LogP contribution in [0, 0.1) is 5.82 Å². The predicted molar refractivity (Wildman–Crippen MR) is 104 cm³/mol. The standard InChI is InChI=1S/C18H18FNOS.HI/c1-20-8-6-13(7-9-20)11-16(18-3-2-10-22-18)15-12-14(19)4-5-17(15)21;/h2-8,10,12,16,21H,9,11H2,1H3;1H. The van der Waals surface area contributed by atoms with E-state index in [1.54, 1.807) is 11.3 Å². The molecular weight excluding hydrogens is 424 g/mol. The zero-order chi connectivity index (χ0) is 15.5. The van der Waals surface area contributed by atoms with E-state index in [0.717, 1.165) is 17.8 Å². The molecule has 3 rings (SSSR count). The summed E-state index contributed by atoms with van der Waals surface area (Å²) in [7, 11) is 2.03. The number of halogens is 2. The van der Waals surface area contributed by atoms with E-state index in [-0.39, 0.29) is 41.5 Å². The molecule has 1 atom stereocenters. The summed E-state index contributed by atoms with van der Waals surface area (Å²) in [5.74, 6) is -0.199. The number of thiophene rings is 1. The highest BCUT2D eigenvalue weighted by atomic mass is 127. The zero-order valence-electron chi connectivity index (χ0n) is 12.8. The van der Waals surface area contributed by atoms with Crippen LogP contribution in [0.25, 0.3) is 0 Å². The first kappa shape index (κ1) is 18.0. The minimum Gasteiger partial charge on any atom is -0.508 e. The van der Waals surface area contributed by atoms with Gasteiger partial charge in [0.1, 0.15) is 11.6 Å². The number of phenols is 1. The van der Waals surface area contributed by atoms with Crippen LogP contribution in [0.3, 0.4) is 0 Å². The lowest BCUT2D eigenvalue weighted by molar-refractivity contribution is 0.461. The summed E-state index contributed by atoms with van der Waals surface area (Å²) in [6.45, 7) is 0.873. The smallest absolute Gasteiger partial charge is 0.123 e. The number of hydrogen-bond donors (Lipinski definition) is 1. The Labute approximate surface area is 157 Å². The van der Waals surface area contributed by atoms with Crippen molar-refractivity contribution in [2.24, 2.45) is 0 Å². The number of hydrogen-bond acceptors (Lipinski definition) is 3. The molecule has 2 aromatic rings. The first-order valence-corrected chi connectivity index (χ1v) is 8.11. The van der Waals surface area contributed by atoms with Crippen LogP contribution in [0.15, 0.2) is 59.6 Å². The molecule has 1 aromatic carbocycles. The molecule has 0 amide bonds. The van der Waals surface area contributed by atoms with Gasteiger partial charge in [0, 0.05) is 30.0 Å². The van der Waals surface area contributed by atoms with E-state index < -0.39 is 0 Å². The van der Waals surface area contributed by atoms with Crippen molar-refractivity contribution in [3.63, 3.8) is 0 Å². The lowest BCUT2D eigenvalue weighted by Crippen LogP contribution is -2.14. The van der Waals surface area contributed by atoms with E-state index in [4.69, 9.17) is 0 Å². The molecule has 0 bridgehead atoms.